The molecule has 0 spiro atoms. The molecule has 2 N–H and O–H groups in total. The standard InChI is InChI=1S/C19H24N4S/c1-14-6-5-7-18(20-14)22-19(24)21-15(2)16-8-10-17(11-9-16)23-12-3-4-13-23/h5-11,15H,3-4,12-13H2,1-2H3,(H2,20,21,22,24). The SMILES string of the molecule is Cc1cccc(NC(=S)NC(C)c2ccc(N3CCCC3)cc2)n1. The summed E-state index contributed by atoms with van der Waals surface area (Å²) in [6.07, 6.45) is 2.60. The fourth-order valence-electron chi connectivity index (χ4n) is 2.99. The van der Waals surface area contributed by atoms with E-state index in [1.54, 1.807) is 0 Å². The molecule has 1 aliphatic rings. The minimum Gasteiger partial charge on any atom is -0.372 e. The number of hydrogen-bond acceptors (Lipinski definition) is 3. The zero-order valence-electron chi connectivity index (χ0n) is 14.2. The van der Waals surface area contributed by atoms with Crippen molar-refractivity contribution in [2.75, 3.05) is 23.3 Å². The van der Waals surface area contributed by atoms with E-state index in [1.807, 2.05) is 25.1 Å². The highest BCUT2D eigenvalue weighted by Gasteiger charge is 2.13. The zero-order chi connectivity index (χ0) is 16.9. The minimum atomic E-state index is 0.141. The van der Waals surface area contributed by atoms with Crippen molar-refractivity contribution in [1.82, 2.24) is 10.3 Å². The molecule has 0 amide bonds. The van der Waals surface area contributed by atoms with E-state index in [9.17, 15) is 0 Å². The average Bonchev–Trinajstić information content (AvgIpc) is 3.09. The summed E-state index contributed by atoms with van der Waals surface area (Å²) in [6.45, 7) is 6.42. The van der Waals surface area contributed by atoms with Crippen LogP contribution in [0.3, 0.4) is 0 Å². The van der Waals surface area contributed by atoms with Gasteiger partial charge in [0.25, 0.3) is 0 Å². The molecule has 4 nitrogen and oxygen atoms in total. The predicted octanol–water partition coefficient (Wildman–Crippen LogP) is 4.04. The molecule has 0 saturated carbocycles. The first-order chi connectivity index (χ1) is 11.6. The average molecular weight is 340 g/mol. The van der Waals surface area contributed by atoms with Crippen LogP contribution in [0.15, 0.2) is 42.5 Å². The van der Waals surface area contributed by atoms with E-state index >= 15 is 0 Å². The smallest absolute Gasteiger partial charge is 0.172 e. The first-order valence-electron chi connectivity index (χ1n) is 8.48. The second-order valence-corrected chi connectivity index (χ2v) is 6.68. The highest BCUT2D eigenvalue weighted by molar-refractivity contribution is 7.80. The van der Waals surface area contributed by atoms with Crippen molar-refractivity contribution in [3.63, 3.8) is 0 Å². The molecule has 3 rings (SSSR count). The maximum atomic E-state index is 5.40. The predicted molar refractivity (Wildman–Crippen MR) is 105 cm³/mol. The molecule has 1 fully saturated rings. The molecule has 126 valence electrons. The van der Waals surface area contributed by atoms with Crippen LogP contribution in [0, 0.1) is 6.92 Å². The number of nitrogens with zero attached hydrogens (tertiary/aromatic N) is 2. The number of pyridine rings is 1. The van der Waals surface area contributed by atoms with Gasteiger partial charge in [-0.15, -0.1) is 0 Å². The van der Waals surface area contributed by atoms with Crippen LogP contribution in [0.4, 0.5) is 11.5 Å². The molecule has 5 heteroatoms. The van der Waals surface area contributed by atoms with Crippen molar-refractivity contribution < 1.29 is 0 Å². The maximum absolute atomic E-state index is 5.40. The van der Waals surface area contributed by atoms with Crippen LogP contribution >= 0.6 is 12.2 Å². The molecule has 24 heavy (non-hydrogen) atoms. The topological polar surface area (TPSA) is 40.2 Å². The Kier molecular flexibility index (Phi) is 5.30. The van der Waals surface area contributed by atoms with E-state index in [0.29, 0.717) is 5.11 Å². The van der Waals surface area contributed by atoms with E-state index in [-0.39, 0.29) is 6.04 Å². The van der Waals surface area contributed by atoms with Gasteiger partial charge in [0.1, 0.15) is 5.82 Å². The lowest BCUT2D eigenvalue weighted by Gasteiger charge is -2.20. The van der Waals surface area contributed by atoms with Gasteiger partial charge in [-0.25, -0.2) is 4.98 Å². The van der Waals surface area contributed by atoms with Gasteiger partial charge in [0.15, 0.2) is 5.11 Å². The second-order valence-electron chi connectivity index (χ2n) is 6.27. The van der Waals surface area contributed by atoms with Gasteiger partial charge in [0.2, 0.25) is 0 Å². The summed E-state index contributed by atoms with van der Waals surface area (Å²) in [7, 11) is 0. The summed E-state index contributed by atoms with van der Waals surface area (Å²) in [6, 6.07) is 14.8. The normalized spacial score (nSPS) is 15.2. The van der Waals surface area contributed by atoms with Crippen LogP contribution in [0.1, 0.15) is 37.1 Å². The number of benzene rings is 1. The second kappa shape index (κ2) is 7.62. The lowest BCUT2D eigenvalue weighted by atomic mass is 10.1. The molecular weight excluding hydrogens is 316 g/mol. The molecule has 2 aromatic rings. The Morgan fingerprint density at radius 3 is 2.50 bits per heavy atom. The number of rotatable bonds is 4. The quantitative estimate of drug-likeness (QED) is 0.822. The zero-order valence-corrected chi connectivity index (χ0v) is 15.1. The largest absolute Gasteiger partial charge is 0.372 e. The van der Waals surface area contributed by atoms with Crippen LogP contribution in [0.5, 0.6) is 0 Å². The summed E-state index contributed by atoms with van der Waals surface area (Å²) in [4.78, 5) is 6.85. The van der Waals surface area contributed by atoms with Crippen molar-refractivity contribution in [2.45, 2.75) is 32.7 Å². The van der Waals surface area contributed by atoms with Crippen LogP contribution in [-0.2, 0) is 0 Å². The van der Waals surface area contributed by atoms with Gasteiger partial charge in [-0.05, 0) is 68.7 Å². The van der Waals surface area contributed by atoms with Gasteiger partial charge < -0.3 is 15.5 Å². The van der Waals surface area contributed by atoms with Crippen molar-refractivity contribution in [1.29, 1.82) is 0 Å². The van der Waals surface area contributed by atoms with E-state index in [2.05, 4.69) is 51.7 Å². The number of nitrogens with one attached hydrogen (secondary N) is 2. The molecule has 1 atom stereocenters. The summed E-state index contributed by atoms with van der Waals surface area (Å²) >= 11 is 5.40. The number of hydrogen-bond donors (Lipinski definition) is 2. The number of thiocarbonyl (C=S) groups is 1. The molecule has 1 aliphatic heterocycles. The monoisotopic (exact) mass is 340 g/mol. The molecule has 2 heterocycles. The van der Waals surface area contributed by atoms with E-state index in [4.69, 9.17) is 12.2 Å². The molecule has 1 aromatic heterocycles. The highest BCUT2D eigenvalue weighted by Crippen LogP contribution is 2.22. The number of aromatic nitrogens is 1. The van der Waals surface area contributed by atoms with Crippen molar-refractivity contribution in [2.24, 2.45) is 0 Å². The van der Waals surface area contributed by atoms with Crippen LogP contribution in [0.2, 0.25) is 0 Å². The minimum absolute atomic E-state index is 0.141. The maximum Gasteiger partial charge on any atom is 0.172 e. The molecule has 1 saturated heterocycles. The van der Waals surface area contributed by atoms with Gasteiger partial charge in [0.05, 0.1) is 6.04 Å². The molecular formula is C19H24N4S. The molecule has 1 unspecified atom stereocenters. The third-order valence-corrected chi connectivity index (χ3v) is 4.56. The van der Waals surface area contributed by atoms with E-state index < -0.39 is 0 Å². The Bertz CT molecular complexity index is 693. The first-order valence-corrected chi connectivity index (χ1v) is 8.89. The van der Waals surface area contributed by atoms with E-state index in [0.717, 1.165) is 11.5 Å². The molecule has 0 bridgehead atoms. The number of aryl methyl sites for hydroxylation is 1. The Hall–Kier alpha value is -2.14. The lowest BCUT2D eigenvalue weighted by Crippen LogP contribution is -2.31. The third kappa shape index (κ3) is 4.23. The Morgan fingerprint density at radius 2 is 1.83 bits per heavy atom. The van der Waals surface area contributed by atoms with Crippen LogP contribution in [-0.4, -0.2) is 23.2 Å². The van der Waals surface area contributed by atoms with Gasteiger partial charge in [-0.1, -0.05) is 18.2 Å². The van der Waals surface area contributed by atoms with Crippen molar-refractivity contribution in [3.8, 4) is 0 Å². The van der Waals surface area contributed by atoms with Crippen LogP contribution < -0.4 is 15.5 Å². The Labute approximate surface area is 149 Å². The fraction of sp³-hybridized carbons (Fsp3) is 0.368. The van der Waals surface area contributed by atoms with E-state index in [1.165, 1.54) is 37.2 Å². The summed E-state index contributed by atoms with van der Waals surface area (Å²) in [5.74, 6) is 0.768. The Balaban J connectivity index is 1.57. The molecule has 1 aromatic carbocycles. The first kappa shape index (κ1) is 16.7. The van der Waals surface area contributed by atoms with Gasteiger partial charge in [-0.2, -0.15) is 0 Å². The van der Waals surface area contributed by atoms with Crippen molar-refractivity contribution in [3.05, 3.63) is 53.7 Å². The third-order valence-electron chi connectivity index (χ3n) is 4.34. The number of anilines is 2. The lowest BCUT2D eigenvalue weighted by molar-refractivity contribution is 0.722. The van der Waals surface area contributed by atoms with Gasteiger partial charge in [0, 0.05) is 24.5 Å². The van der Waals surface area contributed by atoms with Crippen LogP contribution in [0.25, 0.3) is 0 Å². The fourth-order valence-corrected chi connectivity index (χ4v) is 3.28. The molecule has 0 radical (unpaired) electrons. The van der Waals surface area contributed by atoms with Gasteiger partial charge in [-0.3, -0.25) is 0 Å². The summed E-state index contributed by atoms with van der Waals surface area (Å²) in [5, 5.41) is 7.05. The highest BCUT2D eigenvalue weighted by atomic mass is 32.1. The van der Waals surface area contributed by atoms with Crippen molar-refractivity contribution >= 4 is 28.8 Å². The summed E-state index contributed by atoms with van der Waals surface area (Å²) < 4.78 is 0. The Morgan fingerprint density at radius 1 is 1.12 bits per heavy atom. The van der Waals surface area contributed by atoms with Gasteiger partial charge >= 0.3 is 0 Å². The summed E-state index contributed by atoms with van der Waals surface area (Å²) in [5.41, 5.74) is 3.50. The molecule has 0 aliphatic carbocycles.